The van der Waals surface area contributed by atoms with Gasteiger partial charge in [-0.2, -0.15) is 0 Å². The Labute approximate surface area is 114 Å². The van der Waals surface area contributed by atoms with Gasteiger partial charge in [0.2, 0.25) is 0 Å². The highest BCUT2D eigenvalue weighted by Gasteiger charge is 2.41. The lowest BCUT2D eigenvalue weighted by atomic mass is 10.00. The van der Waals surface area contributed by atoms with Crippen molar-refractivity contribution in [3.05, 3.63) is 11.9 Å². The Morgan fingerprint density at radius 3 is 2.58 bits per heavy atom. The van der Waals surface area contributed by atoms with E-state index < -0.39 is 0 Å². The van der Waals surface area contributed by atoms with Gasteiger partial charge in [-0.15, -0.1) is 0 Å². The predicted octanol–water partition coefficient (Wildman–Crippen LogP) is 1.57. The van der Waals surface area contributed by atoms with Crippen LogP contribution in [-0.4, -0.2) is 40.3 Å². The maximum Gasteiger partial charge on any atom is 0.134 e. The molecule has 2 unspecified atom stereocenters. The van der Waals surface area contributed by atoms with Crippen LogP contribution in [0.15, 0.2) is 6.07 Å². The summed E-state index contributed by atoms with van der Waals surface area (Å²) in [6.45, 7) is 2.08. The SMILES string of the molecule is CCc1nc(NC)cc(N2C3CCC2CC(O)C3)n1. The van der Waals surface area contributed by atoms with Crippen LogP contribution in [0, 0.1) is 0 Å². The molecule has 104 valence electrons. The molecule has 2 aliphatic rings. The number of aliphatic hydroxyl groups excluding tert-OH is 1. The molecule has 2 fully saturated rings. The highest BCUT2D eigenvalue weighted by Crippen LogP contribution is 2.38. The van der Waals surface area contributed by atoms with E-state index in [9.17, 15) is 5.11 Å². The van der Waals surface area contributed by atoms with Gasteiger partial charge < -0.3 is 15.3 Å². The zero-order valence-corrected chi connectivity index (χ0v) is 11.6. The predicted molar refractivity (Wildman–Crippen MR) is 75.5 cm³/mol. The topological polar surface area (TPSA) is 61.3 Å². The quantitative estimate of drug-likeness (QED) is 0.866. The largest absolute Gasteiger partial charge is 0.393 e. The van der Waals surface area contributed by atoms with E-state index in [4.69, 9.17) is 0 Å². The Balaban J connectivity index is 1.94. The summed E-state index contributed by atoms with van der Waals surface area (Å²) in [5.74, 6) is 2.79. The highest BCUT2D eigenvalue weighted by molar-refractivity contribution is 5.52. The lowest BCUT2D eigenvalue weighted by Crippen LogP contribution is -2.45. The maximum absolute atomic E-state index is 9.88. The van der Waals surface area contributed by atoms with Crippen LogP contribution in [0.25, 0.3) is 0 Å². The standard InChI is InChI=1S/C14H22N4O/c1-3-12-16-13(15-2)8-14(17-12)18-9-4-5-10(18)7-11(19)6-9/h8-11,19H,3-7H2,1-2H3,(H,15,16,17). The number of hydrogen-bond donors (Lipinski definition) is 2. The van der Waals surface area contributed by atoms with Crippen LogP contribution in [0.5, 0.6) is 0 Å². The number of piperidine rings is 1. The Kier molecular flexibility index (Phi) is 3.31. The molecule has 5 heteroatoms. The fourth-order valence-corrected chi connectivity index (χ4v) is 3.42. The first-order valence-electron chi connectivity index (χ1n) is 7.23. The average Bonchev–Trinajstić information content (AvgIpc) is 2.70. The van der Waals surface area contributed by atoms with Gasteiger partial charge in [0.25, 0.3) is 0 Å². The molecule has 5 nitrogen and oxygen atoms in total. The van der Waals surface area contributed by atoms with E-state index in [1.54, 1.807) is 0 Å². The first-order chi connectivity index (χ1) is 9.21. The molecule has 2 N–H and O–H groups in total. The Morgan fingerprint density at radius 2 is 2.00 bits per heavy atom. The lowest BCUT2D eigenvalue weighted by Gasteiger charge is -2.38. The Morgan fingerprint density at radius 1 is 1.32 bits per heavy atom. The van der Waals surface area contributed by atoms with E-state index in [0.29, 0.717) is 12.1 Å². The number of rotatable bonds is 3. The van der Waals surface area contributed by atoms with Crippen LogP contribution in [0.3, 0.4) is 0 Å². The van der Waals surface area contributed by atoms with Crippen LogP contribution in [-0.2, 0) is 6.42 Å². The summed E-state index contributed by atoms with van der Waals surface area (Å²) in [6.07, 6.45) is 4.79. The van der Waals surface area contributed by atoms with Crippen LogP contribution >= 0.6 is 0 Å². The Bertz CT molecular complexity index is 429. The number of nitrogens with one attached hydrogen (secondary N) is 1. The van der Waals surface area contributed by atoms with Gasteiger partial charge in [0.05, 0.1) is 6.10 Å². The van der Waals surface area contributed by atoms with Gasteiger partial charge in [0.1, 0.15) is 17.5 Å². The number of nitrogens with zero attached hydrogens (tertiary/aromatic N) is 3. The monoisotopic (exact) mass is 262 g/mol. The van der Waals surface area contributed by atoms with Crippen molar-refractivity contribution in [2.45, 2.75) is 57.2 Å². The second-order valence-corrected chi connectivity index (χ2v) is 5.55. The molecule has 2 bridgehead atoms. The first-order valence-corrected chi connectivity index (χ1v) is 7.23. The first kappa shape index (κ1) is 12.7. The second-order valence-electron chi connectivity index (χ2n) is 5.55. The van der Waals surface area contributed by atoms with Gasteiger partial charge in [-0.3, -0.25) is 0 Å². The van der Waals surface area contributed by atoms with Crippen molar-refractivity contribution in [2.24, 2.45) is 0 Å². The minimum absolute atomic E-state index is 0.134. The van der Waals surface area contributed by atoms with Crippen LogP contribution in [0.4, 0.5) is 11.6 Å². The van der Waals surface area contributed by atoms with Crippen molar-refractivity contribution in [2.75, 3.05) is 17.3 Å². The second kappa shape index (κ2) is 4.96. The number of aliphatic hydroxyl groups is 1. The summed E-state index contributed by atoms with van der Waals surface area (Å²) < 4.78 is 0. The van der Waals surface area contributed by atoms with Gasteiger partial charge in [0.15, 0.2) is 0 Å². The molecule has 0 spiro atoms. The zero-order chi connectivity index (χ0) is 13.4. The summed E-state index contributed by atoms with van der Waals surface area (Å²) in [5.41, 5.74) is 0. The van der Waals surface area contributed by atoms with Gasteiger partial charge in [-0.25, -0.2) is 9.97 Å². The Hall–Kier alpha value is -1.36. The van der Waals surface area contributed by atoms with Crippen molar-refractivity contribution in [3.63, 3.8) is 0 Å². The summed E-state index contributed by atoms with van der Waals surface area (Å²) in [5, 5.41) is 13.0. The lowest BCUT2D eigenvalue weighted by molar-refractivity contribution is 0.126. The molecule has 2 aliphatic heterocycles. The normalized spacial score (nSPS) is 29.6. The molecular weight excluding hydrogens is 240 g/mol. The summed E-state index contributed by atoms with van der Waals surface area (Å²) >= 11 is 0. The molecule has 2 saturated heterocycles. The van der Waals surface area contributed by atoms with Crippen molar-refractivity contribution < 1.29 is 5.11 Å². The minimum Gasteiger partial charge on any atom is -0.393 e. The van der Waals surface area contributed by atoms with E-state index in [1.165, 1.54) is 12.8 Å². The minimum atomic E-state index is -0.134. The molecule has 0 amide bonds. The number of aromatic nitrogens is 2. The molecule has 1 aromatic rings. The number of anilines is 2. The van der Waals surface area contributed by atoms with Crippen LogP contribution < -0.4 is 10.2 Å². The van der Waals surface area contributed by atoms with Gasteiger partial charge in [-0.1, -0.05) is 6.92 Å². The van der Waals surface area contributed by atoms with E-state index >= 15 is 0 Å². The summed E-state index contributed by atoms with van der Waals surface area (Å²) in [6, 6.07) is 2.92. The van der Waals surface area contributed by atoms with Crippen molar-refractivity contribution in [1.82, 2.24) is 9.97 Å². The third-order valence-electron chi connectivity index (χ3n) is 4.30. The number of aryl methyl sites for hydroxylation is 1. The van der Waals surface area contributed by atoms with Crippen molar-refractivity contribution >= 4 is 11.6 Å². The van der Waals surface area contributed by atoms with E-state index in [0.717, 1.165) is 36.7 Å². The highest BCUT2D eigenvalue weighted by atomic mass is 16.3. The van der Waals surface area contributed by atoms with Crippen molar-refractivity contribution in [1.29, 1.82) is 0 Å². The maximum atomic E-state index is 9.88. The summed E-state index contributed by atoms with van der Waals surface area (Å²) in [7, 11) is 1.89. The van der Waals surface area contributed by atoms with E-state index in [1.807, 2.05) is 13.1 Å². The van der Waals surface area contributed by atoms with Crippen LogP contribution in [0.1, 0.15) is 38.4 Å². The molecule has 1 aromatic heterocycles. The molecule has 19 heavy (non-hydrogen) atoms. The summed E-state index contributed by atoms with van der Waals surface area (Å²) in [4.78, 5) is 11.5. The third-order valence-corrected chi connectivity index (χ3v) is 4.30. The molecule has 3 heterocycles. The van der Waals surface area contributed by atoms with E-state index in [2.05, 4.69) is 27.1 Å². The van der Waals surface area contributed by atoms with Crippen molar-refractivity contribution in [3.8, 4) is 0 Å². The molecule has 3 rings (SSSR count). The molecule has 2 atom stereocenters. The molecular formula is C14H22N4O. The molecule has 0 aliphatic carbocycles. The number of hydrogen-bond acceptors (Lipinski definition) is 5. The van der Waals surface area contributed by atoms with Crippen LogP contribution in [0.2, 0.25) is 0 Å². The van der Waals surface area contributed by atoms with E-state index in [-0.39, 0.29) is 6.10 Å². The fraction of sp³-hybridized carbons (Fsp3) is 0.714. The third kappa shape index (κ3) is 2.27. The van der Waals surface area contributed by atoms with Gasteiger partial charge in [0, 0.05) is 31.6 Å². The van der Waals surface area contributed by atoms with Gasteiger partial charge >= 0.3 is 0 Å². The molecule has 0 aromatic carbocycles. The molecule has 0 radical (unpaired) electrons. The zero-order valence-electron chi connectivity index (χ0n) is 11.6. The average molecular weight is 262 g/mol. The number of fused-ring (bicyclic) bond motifs is 2. The smallest absolute Gasteiger partial charge is 0.134 e. The van der Waals surface area contributed by atoms with Gasteiger partial charge in [-0.05, 0) is 25.7 Å². The molecule has 0 saturated carbocycles. The fourth-order valence-electron chi connectivity index (χ4n) is 3.42.